The molecule has 0 aromatic heterocycles. The number of nitrogens with one attached hydrogen (secondary N) is 1. The fraction of sp³-hybridized carbons (Fsp3) is 0.700. The summed E-state index contributed by atoms with van der Waals surface area (Å²) in [6, 6.07) is 0.0615. The van der Waals surface area contributed by atoms with Crippen molar-refractivity contribution in [2.75, 3.05) is 7.11 Å². The molecule has 80 valence electrons. The maximum atomic E-state index is 11.0. The van der Waals surface area contributed by atoms with E-state index in [0.29, 0.717) is 0 Å². The molecule has 0 radical (unpaired) electrons. The van der Waals surface area contributed by atoms with Crippen LogP contribution in [0.3, 0.4) is 0 Å². The van der Waals surface area contributed by atoms with Crippen LogP contribution in [0.15, 0.2) is 12.2 Å². The van der Waals surface area contributed by atoms with E-state index in [4.69, 9.17) is 5.73 Å². The van der Waals surface area contributed by atoms with Crippen molar-refractivity contribution in [1.82, 2.24) is 5.32 Å². The van der Waals surface area contributed by atoms with Crippen LogP contribution in [0.4, 0.5) is 4.79 Å². The maximum Gasteiger partial charge on any atom is 0.407 e. The molecule has 0 bridgehead atoms. The Morgan fingerprint density at radius 2 is 2.07 bits per heavy atom. The van der Waals surface area contributed by atoms with Crippen LogP contribution in [-0.2, 0) is 4.74 Å². The standard InChI is InChI=1S/C10H18N2O2/c1-14-10(13)12-9-7-5-3-2-4-6-8(9)11/h2-3,8-9H,4-7,11H2,1H3,(H,12,13)/b3-2+. The molecule has 1 rings (SSSR count). The Labute approximate surface area is 84.5 Å². The van der Waals surface area contributed by atoms with Crippen molar-refractivity contribution in [1.29, 1.82) is 0 Å². The molecule has 3 N–H and O–H groups in total. The smallest absolute Gasteiger partial charge is 0.407 e. The molecule has 2 atom stereocenters. The molecule has 0 aromatic rings. The molecule has 0 heterocycles. The van der Waals surface area contributed by atoms with Gasteiger partial charge in [0.05, 0.1) is 7.11 Å². The zero-order chi connectivity index (χ0) is 10.4. The van der Waals surface area contributed by atoms with Gasteiger partial charge in [0.2, 0.25) is 0 Å². The second-order valence-electron chi connectivity index (χ2n) is 3.53. The van der Waals surface area contributed by atoms with E-state index in [1.807, 2.05) is 0 Å². The first kappa shape index (κ1) is 11.0. The molecule has 4 nitrogen and oxygen atoms in total. The largest absolute Gasteiger partial charge is 0.453 e. The Morgan fingerprint density at radius 3 is 2.71 bits per heavy atom. The van der Waals surface area contributed by atoms with Crippen molar-refractivity contribution in [2.45, 2.75) is 37.8 Å². The van der Waals surface area contributed by atoms with E-state index >= 15 is 0 Å². The molecular formula is C10H18N2O2. The predicted octanol–water partition coefficient (Wildman–Crippen LogP) is 1.17. The van der Waals surface area contributed by atoms with E-state index in [-0.39, 0.29) is 12.1 Å². The molecule has 1 aliphatic rings. The summed E-state index contributed by atoms with van der Waals surface area (Å²) in [6.07, 6.45) is 7.63. The first-order chi connectivity index (χ1) is 6.74. The Morgan fingerprint density at radius 1 is 1.43 bits per heavy atom. The van der Waals surface area contributed by atoms with Gasteiger partial charge >= 0.3 is 6.09 Å². The highest BCUT2D eigenvalue weighted by Crippen LogP contribution is 2.11. The molecule has 0 aromatic carbocycles. The van der Waals surface area contributed by atoms with Gasteiger partial charge in [-0.25, -0.2) is 4.79 Å². The summed E-state index contributed by atoms with van der Waals surface area (Å²) in [5.41, 5.74) is 5.95. The Kier molecular flexibility index (Phi) is 4.46. The first-order valence-electron chi connectivity index (χ1n) is 4.99. The van der Waals surface area contributed by atoms with Gasteiger partial charge in [-0.3, -0.25) is 0 Å². The number of amides is 1. The second-order valence-corrected chi connectivity index (χ2v) is 3.53. The van der Waals surface area contributed by atoms with Crippen molar-refractivity contribution in [3.8, 4) is 0 Å². The lowest BCUT2D eigenvalue weighted by atomic mass is 9.96. The molecule has 1 amide bonds. The molecule has 0 spiro atoms. The molecule has 0 saturated carbocycles. The van der Waals surface area contributed by atoms with Crippen molar-refractivity contribution in [3.63, 3.8) is 0 Å². The van der Waals surface area contributed by atoms with E-state index in [0.717, 1.165) is 25.7 Å². The highest BCUT2D eigenvalue weighted by atomic mass is 16.5. The first-order valence-corrected chi connectivity index (χ1v) is 4.99. The summed E-state index contributed by atoms with van der Waals surface area (Å²) in [7, 11) is 1.36. The van der Waals surface area contributed by atoms with Crippen LogP contribution in [0.2, 0.25) is 0 Å². The van der Waals surface area contributed by atoms with Crippen molar-refractivity contribution >= 4 is 6.09 Å². The van der Waals surface area contributed by atoms with Gasteiger partial charge in [-0.15, -0.1) is 0 Å². The number of allylic oxidation sites excluding steroid dienone is 2. The molecule has 0 aliphatic heterocycles. The number of hydrogen-bond acceptors (Lipinski definition) is 3. The van der Waals surface area contributed by atoms with Crippen LogP contribution in [0.25, 0.3) is 0 Å². The van der Waals surface area contributed by atoms with E-state index < -0.39 is 6.09 Å². The predicted molar refractivity (Wildman–Crippen MR) is 54.9 cm³/mol. The SMILES string of the molecule is COC(=O)NC1CC/C=C/CCC1N. The van der Waals surface area contributed by atoms with Crippen LogP contribution in [0.1, 0.15) is 25.7 Å². The van der Waals surface area contributed by atoms with Gasteiger partial charge in [0, 0.05) is 12.1 Å². The summed E-state index contributed by atoms with van der Waals surface area (Å²) >= 11 is 0. The van der Waals surface area contributed by atoms with Crippen LogP contribution >= 0.6 is 0 Å². The molecule has 0 saturated heterocycles. The normalized spacial score (nSPS) is 29.9. The van der Waals surface area contributed by atoms with Gasteiger partial charge in [0.1, 0.15) is 0 Å². The Bertz CT molecular complexity index is 216. The monoisotopic (exact) mass is 198 g/mol. The minimum atomic E-state index is -0.394. The van der Waals surface area contributed by atoms with Crippen molar-refractivity contribution < 1.29 is 9.53 Å². The average Bonchev–Trinajstić information content (AvgIpc) is 2.17. The number of methoxy groups -OCH3 is 1. The van der Waals surface area contributed by atoms with Crippen LogP contribution in [-0.4, -0.2) is 25.3 Å². The molecule has 1 aliphatic carbocycles. The molecule has 2 unspecified atom stereocenters. The number of hydrogen-bond donors (Lipinski definition) is 2. The molecular weight excluding hydrogens is 180 g/mol. The number of carbonyl (C=O) groups is 1. The third-order valence-corrected chi connectivity index (χ3v) is 2.48. The van der Waals surface area contributed by atoms with Gasteiger partial charge in [-0.05, 0) is 25.7 Å². The number of alkyl carbamates (subject to hydrolysis) is 1. The number of carbonyl (C=O) groups excluding carboxylic acids is 1. The summed E-state index contributed by atoms with van der Waals surface area (Å²) in [5.74, 6) is 0. The van der Waals surface area contributed by atoms with E-state index in [9.17, 15) is 4.79 Å². The van der Waals surface area contributed by atoms with Gasteiger partial charge in [0.25, 0.3) is 0 Å². The van der Waals surface area contributed by atoms with Gasteiger partial charge in [-0.1, -0.05) is 12.2 Å². The maximum absolute atomic E-state index is 11.0. The highest BCUT2D eigenvalue weighted by molar-refractivity contribution is 5.67. The van der Waals surface area contributed by atoms with Crippen LogP contribution in [0.5, 0.6) is 0 Å². The third-order valence-electron chi connectivity index (χ3n) is 2.48. The number of nitrogens with two attached hydrogens (primary N) is 1. The van der Waals surface area contributed by atoms with E-state index in [1.54, 1.807) is 0 Å². The fourth-order valence-corrected chi connectivity index (χ4v) is 1.60. The summed E-state index contributed by atoms with van der Waals surface area (Å²) in [5, 5.41) is 2.77. The minimum absolute atomic E-state index is 0.0269. The Balaban J connectivity index is 2.47. The fourth-order valence-electron chi connectivity index (χ4n) is 1.60. The number of rotatable bonds is 1. The van der Waals surface area contributed by atoms with Crippen molar-refractivity contribution in [2.24, 2.45) is 5.73 Å². The quantitative estimate of drug-likeness (QED) is 0.621. The summed E-state index contributed by atoms with van der Waals surface area (Å²) in [6.45, 7) is 0. The lowest BCUT2D eigenvalue weighted by Crippen LogP contribution is -2.47. The molecule has 0 fully saturated rings. The third kappa shape index (κ3) is 3.38. The lowest BCUT2D eigenvalue weighted by molar-refractivity contribution is 0.163. The van der Waals surface area contributed by atoms with E-state index in [1.165, 1.54) is 7.11 Å². The zero-order valence-electron chi connectivity index (χ0n) is 8.53. The zero-order valence-corrected chi connectivity index (χ0v) is 8.53. The molecule has 14 heavy (non-hydrogen) atoms. The van der Waals surface area contributed by atoms with Crippen molar-refractivity contribution in [3.05, 3.63) is 12.2 Å². The molecule has 4 heteroatoms. The van der Waals surface area contributed by atoms with Gasteiger partial charge in [0.15, 0.2) is 0 Å². The van der Waals surface area contributed by atoms with Crippen LogP contribution in [0, 0.1) is 0 Å². The van der Waals surface area contributed by atoms with E-state index in [2.05, 4.69) is 22.2 Å². The average molecular weight is 198 g/mol. The van der Waals surface area contributed by atoms with Gasteiger partial charge in [-0.2, -0.15) is 0 Å². The number of ether oxygens (including phenoxy) is 1. The highest BCUT2D eigenvalue weighted by Gasteiger charge is 2.19. The minimum Gasteiger partial charge on any atom is -0.453 e. The lowest BCUT2D eigenvalue weighted by Gasteiger charge is -2.24. The Hall–Kier alpha value is -1.03. The van der Waals surface area contributed by atoms with Crippen LogP contribution < -0.4 is 11.1 Å². The van der Waals surface area contributed by atoms with Gasteiger partial charge < -0.3 is 15.8 Å². The second kappa shape index (κ2) is 5.65. The topological polar surface area (TPSA) is 64.3 Å². The summed E-state index contributed by atoms with van der Waals surface area (Å²) < 4.78 is 4.55. The summed E-state index contributed by atoms with van der Waals surface area (Å²) in [4.78, 5) is 11.0.